The average Bonchev–Trinajstić information content (AvgIpc) is 2.78. The number of guanidine groups is 1. The maximum absolute atomic E-state index is 5.44. The zero-order chi connectivity index (χ0) is 22.1. The minimum atomic E-state index is -0.152. The minimum absolute atomic E-state index is 0. The van der Waals surface area contributed by atoms with Gasteiger partial charge in [-0.1, -0.05) is 26.0 Å². The number of aliphatic imine (C=N–C) groups is 1. The zero-order valence-corrected chi connectivity index (χ0v) is 21.7. The van der Waals surface area contributed by atoms with Crippen molar-refractivity contribution in [2.45, 2.75) is 25.8 Å². The molecule has 0 amide bonds. The maximum atomic E-state index is 5.44. The molecule has 0 aliphatic carbocycles. The Balaban J connectivity index is 0.00000480. The van der Waals surface area contributed by atoms with Gasteiger partial charge >= 0.3 is 0 Å². The van der Waals surface area contributed by atoms with E-state index in [4.69, 9.17) is 18.9 Å². The van der Waals surface area contributed by atoms with Gasteiger partial charge in [0.15, 0.2) is 29.0 Å². The molecule has 172 valence electrons. The lowest BCUT2D eigenvalue weighted by Gasteiger charge is -2.27. The Morgan fingerprint density at radius 1 is 0.806 bits per heavy atom. The molecule has 0 saturated heterocycles. The molecule has 31 heavy (non-hydrogen) atoms. The van der Waals surface area contributed by atoms with E-state index >= 15 is 0 Å². The Labute approximate surface area is 202 Å². The van der Waals surface area contributed by atoms with Gasteiger partial charge in [-0.15, -0.1) is 24.0 Å². The number of benzene rings is 2. The first-order chi connectivity index (χ1) is 14.4. The third-order valence-electron chi connectivity index (χ3n) is 4.99. The Bertz CT molecular complexity index is 872. The highest BCUT2D eigenvalue weighted by Gasteiger charge is 2.22. The Morgan fingerprint density at radius 2 is 1.35 bits per heavy atom. The topological polar surface area (TPSA) is 73.3 Å². The number of nitrogens with zero attached hydrogens (tertiary/aromatic N) is 1. The summed E-state index contributed by atoms with van der Waals surface area (Å²) < 4.78 is 21.4. The predicted octanol–water partition coefficient (Wildman–Crippen LogP) is 3.98. The highest BCUT2D eigenvalue weighted by Crippen LogP contribution is 2.33. The van der Waals surface area contributed by atoms with Gasteiger partial charge in [0.05, 0.1) is 28.4 Å². The maximum Gasteiger partial charge on any atom is 0.191 e. The standard InChI is InChI=1S/C23H33N3O4.HI/c1-23(2,17-9-11-19(28-5)21(13-17)30-7)15-26-22(24-3)25-14-16-8-10-18(27-4)20(12-16)29-6;/h8-13H,14-15H2,1-7H3,(H2,24,25,26);1H. The van der Waals surface area contributed by atoms with Crippen molar-refractivity contribution in [3.05, 3.63) is 47.5 Å². The molecule has 0 aliphatic heterocycles. The number of ether oxygens (including phenoxy) is 4. The van der Waals surface area contributed by atoms with Crippen LogP contribution in [0, 0.1) is 0 Å². The molecule has 2 N–H and O–H groups in total. The van der Waals surface area contributed by atoms with E-state index in [9.17, 15) is 0 Å². The number of rotatable bonds is 9. The van der Waals surface area contributed by atoms with Crippen LogP contribution in [-0.2, 0) is 12.0 Å². The molecular formula is C23H34IN3O4. The van der Waals surface area contributed by atoms with Gasteiger partial charge in [0, 0.05) is 25.6 Å². The van der Waals surface area contributed by atoms with Gasteiger partial charge in [-0.3, -0.25) is 4.99 Å². The molecule has 0 spiro atoms. The van der Waals surface area contributed by atoms with E-state index in [-0.39, 0.29) is 29.4 Å². The smallest absolute Gasteiger partial charge is 0.191 e. The van der Waals surface area contributed by atoms with Crippen LogP contribution in [0.1, 0.15) is 25.0 Å². The molecule has 0 fully saturated rings. The Kier molecular flexibility index (Phi) is 10.7. The zero-order valence-electron chi connectivity index (χ0n) is 19.4. The second-order valence-electron chi connectivity index (χ2n) is 7.42. The largest absolute Gasteiger partial charge is 0.493 e. The normalized spacial score (nSPS) is 11.3. The molecular weight excluding hydrogens is 509 g/mol. The lowest BCUT2D eigenvalue weighted by atomic mass is 9.84. The fraction of sp³-hybridized carbons (Fsp3) is 0.435. The van der Waals surface area contributed by atoms with E-state index in [2.05, 4.69) is 35.5 Å². The van der Waals surface area contributed by atoms with Crippen molar-refractivity contribution in [3.8, 4) is 23.0 Å². The Morgan fingerprint density at radius 3 is 1.90 bits per heavy atom. The molecule has 0 heterocycles. The van der Waals surface area contributed by atoms with Crippen LogP contribution in [0.3, 0.4) is 0 Å². The highest BCUT2D eigenvalue weighted by atomic mass is 127. The molecule has 2 aromatic carbocycles. The van der Waals surface area contributed by atoms with Gasteiger partial charge in [0.1, 0.15) is 0 Å². The van der Waals surface area contributed by atoms with Crippen LogP contribution in [0.25, 0.3) is 0 Å². The lowest BCUT2D eigenvalue weighted by Crippen LogP contribution is -2.43. The number of halogens is 1. The summed E-state index contributed by atoms with van der Waals surface area (Å²) in [4.78, 5) is 4.33. The molecule has 7 nitrogen and oxygen atoms in total. The van der Waals surface area contributed by atoms with Crippen molar-refractivity contribution in [2.24, 2.45) is 4.99 Å². The van der Waals surface area contributed by atoms with E-state index in [0.29, 0.717) is 24.6 Å². The third kappa shape index (κ3) is 7.09. The van der Waals surface area contributed by atoms with Crippen molar-refractivity contribution in [2.75, 3.05) is 42.0 Å². The van der Waals surface area contributed by atoms with Gasteiger partial charge in [0.2, 0.25) is 0 Å². The van der Waals surface area contributed by atoms with Crippen LogP contribution in [0.2, 0.25) is 0 Å². The van der Waals surface area contributed by atoms with E-state index in [0.717, 1.165) is 28.6 Å². The first-order valence-corrected chi connectivity index (χ1v) is 9.76. The summed E-state index contributed by atoms with van der Waals surface area (Å²) in [7, 11) is 8.30. The number of nitrogens with one attached hydrogen (secondary N) is 2. The molecule has 2 aromatic rings. The van der Waals surface area contributed by atoms with Crippen molar-refractivity contribution in [1.82, 2.24) is 10.6 Å². The fourth-order valence-electron chi connectivity index (χ4n) is 3.06. The summed E-state index contributed by atoms with van der Waals surface area (Å²) in [6, 6.07) is 11.8. The molecule has 0 bridgehead atoms. The van der Waals surface area contributed by atoms with Crippen molar-refractivity contribution >= 4 is 29.9 Å². The number of hydrogen-bond acceptors (Lipinski definition) is 5. The first kappa shape index (κ1) is 26.7. The highest BCUT2D eigenvalue weighted by molar-refractivity contribution is 14.0. The van der Waals surface area contributed by atoms with E-state index in [1.165, 1.54) is 0 Å². The molecule has 0 aliphatic rings. The van der Waals surface area contributed by atoms with Crippen molar-refractivity contribution < 1.29 is 18.9 Å². The number of methoxy groups -OCH3 is 4. The third-order valence-corrected chi connectivity index (χ3v) is 4.99. The molecule has 0 saturated carbocycles. The Hall–Kier alpha value is -2.36. The summed E-state index contributed by atoms with van der Waals surface area (Å²) in [6.45, 7) is 5.64. The van der Waals surface area contributed by atoms with Gasteiger partial charge in [-0.05, 0) is 35.4 Å². The molecule has 0 aromatic heterocycles. The molecule has 2 rings (SSSR count). The molecule has 0 radical (unpaired) electrons. The van der Waals surface area contributed by atoms with Crippen LogP contribution in [0.4, 0.5) is 0 Å². The van der Waals surface area contributed by atoms with Gasteiger partial charge in [0.25, 0.3) is 0 Å². The van der Waals surface area contributed by atoms with Gasteiger partial charge in [-0.25, -0.2) is 0 Å². The summed E-state index contributed by atoms with van der Waals surface area (Å²) in [5, 5.41) is 6.74. The summed E-state index contributed by atoms with van der Waals surface area (Å²) in [6.07, 6.45) is 0. The molecule has 0 atom stereocenters. The van der Waals surface area contributed by atoms with Crippen molar-refractivity contribution in [3.63, 3.8) is 0 Å². The monoisotopic (exact) mass is 543 g/mol. The summed E-state index contributed by atoms with van der Waals surface area (Å²) >= 11 is 0. The molecule has 8 heteroatoms. The van der Waals surface area contributed by atoms with Crippen LogP contribution >= 0.6 is 24.0 Å². The predicted molar refractivity (Wildman–Crippen MR) is 136 cm³/mol. The number of hydrogen-bond donors (Lipinski definition) is 2. The lowest BCUT2D eigenvalue weighted by molar-refractivity contribution is 0.353. The minimum Gasteiger partial charge on any atom is -0.493 e. The SMILES string of the molecule is CN=C(NCc1ccc(OC)c(OC)c1)NCC(C)(C)c1ccc(OC)c(OC)c1.I. The quantitative estimate of drug-likeness (QED) is 0.283. The first-order valence-electron chi connectivity index (χ1n) is 9.76. The van der Waals surface area contributed by atoms with Crippen LogP contribution in [0.5, 0.6) is 23.0 Å². The van der Waals surface area contributed by atoms with Crippen LogP contribution in [-0.4, -0.2) is 48.0 Å². The molecule has 0 unspecified atom stereocenters. The average molecular weight is 543 g/mol. The van der Waals surface area contributed by atoms with E-state index < -0.39 is 0 Å². The van der Waals surface area contributed by atoms with E-state index in [1.807, 2.05) is 30.3 Å². The fourth-order valence-corrected chi connectivity index (χ4v) is 3.06. The summed E-state index contributed by atoms with van der Waals surface area (Å²) in [5.74, 6) is 3.57. The van der Waals surface area contributed by atoms with Gasteiger partial charge < -0.3 is 29.6 Å². The van der Waals surface area contributed by atoms with E-state index in [1.54, 1.807) is 35.5 Å². The van der Waals surface area contributed by atoms with Gasteiger partial charge in [-0.2, -0.15) is 0 Å². The van der Waals surface area contributed by atoms with Crippen LogP contribution < -0.4 is 29.6 Å². The second-order valence-corrected chi connectivity index (χ2v) is 7.42. The second kappa shape index (κ2) is 12.5. The summed E-state index contributed by atoms with van der Waals surface area (Å²) in [5.41, 5.74) is 2.05. The van der Waals surface area contributed by atoms with Crippen LogP contribution in [0.15, 0.2) is 41.4 Å². The van der Waals surface area contributed by atoms with Crippen molar-refractivity contribution in [1.29, 1.82) is 0 Å².